The lowest BCUT2D eigenvalue weighted by Crippen LogP contribution is -2.28. The molecule has 32 heavy (non-hydrogen) atoms. The van der Waals surface area contributed by atoms with Crippen LogP contribution >= 0.6 is 0 Å². The molecule has 9 heteroatoms. The number of ether oxygens (including phenoxy) is 2. The average Bonchev–Trinajstić information content (AvgIpc) is 2.80. The number of aromatic nitrogens is 2. The van der Waals surface area contributed by atoms with Crippen LogP contribution < -0.4 is 20.3 Å². The second kappa shape index (κ2) is 9.51. The zero-order valence-corrected chi connectivity index (χ0v) is 18.8. The maximum Gasteiger partial charge on any atom is 0.276 e. The maximum absolute atomic E-state index is 13.3. The summed E-state index contributed by atoms with van der Waals surface area (Å²) in [5.41, 5.74) is 0.304. The zero-order valence-electron chi connectivity index (χ0n) is 18.8. The number of fused-ring (bicyclic) bond motifs is 1. The number of anilines is 1. The molecular weight excluding hydrogens is 412 g/mol. The number of aryl methyl sites for hydroxylation is 1. The normalized spacial score (nSPS) is 10.7. The van der Waals surface area contributed by atoms with Crippen molar-refractivity contribution in [2.45, 2.75) is 19.9 Å². The van der Waals surface area contributed by atoms with Gasteiger partial charge in [0, 0.05) is 32.1 Å². The van der Waals surface area contributed by atoms with E-state index in [4.69, 9.17) is 9.47 Å². The van der Waals surface area contributed by atoms with Crippen LogP contribution in [-0.2, 0) is 6.54 Å². The molecule has 0 saturated heterocycles. The van der Waals surface area contributed by atoms with E-state index in [-0.39, 0.29) is 28.4 Å². The monoisotopic (exact) mass is 438 g/mol. The highest BCUT2D eigenvalue weighted by atomic mass is 16.5. The third-order valence-electron chi connectivity index (χ3n) is 4.93. The highest BCUT2D eigenvalue weighted by Crippen LogP contribution is 2.34. The number of benzene rings is 2. The van der Waals surface area contributed by atoms with Crippen LogP contribution in [0.15, 0.2) is 41.2 Å². The molecule has 0 unspecified atom stereocenters. The van der Waals surface area contributed by atoms with Crippen molar-refractivity contribution >= 4 is 28.3 Å². The molecule has 168 valence electrons. The van der Waals surface area contributed by atoms with E-state index in [9.17, 15) is 14.4 Å². The second-order valence-electron chi connectivity index (χ2n) is 7.33. The maximum atomic E-state index is 13.3. The first-order valence-corrected chi connectivity index (χ1v) is 10.1. The van der Waals surface area contributed by atoms with Crippen molar-refractivity contribution < 1.29 is 19.1 Å². The van der Waals surface area contributed by atoms with Gasteiger partial charge in [0.1, 0.15) is 0 Å². The molecule has 2 aromatic carbocycles. The fourth-order valence-corrected chi connectivity index (χ4v) is 3.35. The Bertz CT molecular complexity index is 1230. The number of amides is 2. The Morgan fingerprint density at radius 2 is 1.69 bits per heavy atom. The van der Waals surface area contributed by atoms with E-state index in [1.165, 1.54) is 35.9 Å². The van der Waals surface area contributed by atoms with Gasteiger partial charge in [-0.05, 0) is 18.6 Å². The third-order valence-corrected chi connectivity index (χ3v) is 4.93. The first-order chi connectivity index (χ1) is 15.3. The van der Waals surface area contributed by atoms with Gasteiger partial charge in [-0.3, -0.25) is 14.4 Å². The van der Waals surface area contributed by atoms with Gasteiger partial charge in [-0.1, -0.05) is 25.1 Å². The smallest absolute Gasteiger partial charge is 0.276 e. The number of carbonyl (C=O) groups excluding carboxylic acids is 2. The molecule has 1 N–H and O–H groups in total. The molecule has 9 nitrogen and oxygen atoms in total. The van der Waals surface area contributed by atoms with Crippen molar-refractivity contribution in [1.82, 2.24) is 14.7 Å². The fraction of sp³-hybridized carbons (Fsp3) is 0.304. The lowest BCUT2D eigenvalue weighted by Gasteiger charge is -2.18. The number of carbonyl (C=O) groups is 2. The van der Waals surface area contributed by atoms with Crippen LogP contribution in [0.3, 0.4) is 0 Å². The summed E-state index contributed by atoms with van der Waals surface area (Å²) in [6, 6.07) is 9.86. The molecule has 3 rings (SSSR count). The van der Waals surface area contributed by atoms with Crippen LogP contribution in [0.1, 0.15) is 34.2 Å². The van der Waals surface area contributed by atoms with Gasteiger partial charge in [0.05, 0.1) is 30.9 Å². The van der Waals surface area contributed by atoms with Crippen LogP contribution in [0, 0.1) is 0 Å². The van der Waals surface area contributed by atoms with Crippen LogP contribution in [0.4, 0.5) is 5.69 Å². The molecule has 0 saturated carbocycles. The molecule has 0 aliphatic heterocycles. The summed E-state index contributed by atoms with van der Waals surface area (Å²) < 4.78 is 11.9. The Kier molecular flexibility index (Phi) is 6.77. The predicted octanol–water partition coefficient (Wildman–Crippen LogP) is 2.78. The molecule has 1 aromatic heterocycles. The molecule has 0 radical (unpaired) electrons. The number of methoxy groups -OCH3 is 2. The Morgan fingerprint density at radius 1 is 1.06 bits per heavy atom. The Labute approximate surface area is 185 Å². The number of hydrogen-bond donors (Lipinski definition) is 1. The molecule has 0 bridgehead atoms. The number of nitrogens with zero attached hydrogens (tertiary/aromatic N) is 3. The van der Waals surface area contributed by atoms with Gasteiger partial charge < -0.3 is 19.7 Å². The average molecular weight is 438 g/mol. The van der Waals surface area contributed by atoms with Crippen molar-refractivity contribution in [3.8, 4) is 11.5 Å². The van der Waals surface area contributed by atoms with E-state index < -0.39 is 5.91 Å². The molecule has 0 aliphatic rings. The topological polar surface area (TPSA) is 103 Å². The highest BCUT2D eigenvalue weighted by molar-refractivity contribution is 6.13. The van der Waals surface area contributed by atoms with E-state index >= 15 is 0 Å². The number of hydrogen-bond acceptors (Lipinski definition) is 6. The highest BCUT2D eigenvalue weighted by Gasteiger charge is 2.22. The fourth-order valence-electron chi connectivity index (χ4n) is 3.35. The number of rotatable bonds is 7. The second-order valence-corrected chi connectivity index (χ2v) is 7.33. The van der Waals surface area contributed by atoms with Gasteiger partial charge in [0.25, 0.3) is 17.4 Å². The van der Waals surface area contributed by atoms with Crippen LogP contribution in [0.2, 0.25) is 0 Å². The first-order valence-electron chi connectivity index (χ1n) is 10.1. The van der Waals surface area contributed by atoms with Gasteiger partial charge in [-0.25, -0.2) is 4.68 Å². The van der Waals surface area contributed by atoms with Gasteiger partial charge in [0.2, 0.25) is 0 Å². The Morgan fingerprint density at radius 3 is 2.28 bits per heavy atom. The minimum atomic E-state index is -0.550. The first kappa shape index (κ1) is 22.8. The van der Waals surface area contributed by atoms with E-state index in [0.717, 1.165) is 0 Å². The summed E-state index contributed by atoms with van der Waals surface area (Å²) in [5, 5.41) is 7.92. The largest absolute Gasteiger partial charge is 0.493 e. The minimum Gasteiger partial charge on any atom is -0.493 e. The van der Waals surface area contributed by atoms with Gasteiger partial charge in [-0.15, -0.1) is 0 Å². The SMILES string of the molecule is CCCn1nc(C(=O)Nc2cc(OC)c(OC)cc2C(=O)N(C)C)c2ccccc2c1=O. The molecule has 0 fully saturated rings. The van der Waals surface area contributed by atoms with Gasteiger partial charge >= 0.3 is 0 Å². The van der Waals surface area contributed by atoms with Gasteiger partial charge in [-0.2, -0.15) is 5.10 Å². The van der Waals surface area contributed by atoms with Crippen LogP contribution in [0.25, 0.3) is 10.8 Å². The molecule has 3 aromatic rings. The van der Waals surface area contributed by atoms with E-state index in [0.29, 0.717) is 35.2 Å². The summed E-state index contributed by atoms with van der Waals surface area (Å²) in [7, 11) is 6.15. The van der Waals surface area contributed by atoms with Crippen molar-refractivity contribution in [3.63, 3.8) is 0 Å². The molecule has 0 spiro atoms. The van der Waals surface area contributed by atoms with Crippen molar-refractivity contribution in [1.29, 1.82) is 0 Å². The summed E-state index contributed by atoms with van der Waals surface area (Å²) in [4.78, 5) is 40.2. The Balaban J connectivity index is 2.15. The lowest BCUT2D eigenvalue weighted by molar-refractivity contribution is 0.0828. The summed E-state index contributed by atoms with van der Waals surface area (Å²) in [5.74, 6) is -0.163. The molecule has 2 amide bonds. The zero-order chi connectivity index (χ0) is 23.4. The quantitative estimate of drug-likeness (QED) is 0.609. The number of nitrogens with one attached hydrogen (secondary N) is 1. The van der Waals surface area contributed by atoms with Crippen molar-refractivity contribution in [2.24, 2.45) is 0 Å². The molecule has 1 heterocycles. The van der Waals surface area contributed by atoms with E-state index in [2.05, 4.69) is 10.4 Å². The lowest BCUT2D eigenvalue weighted by atomic mass is 10.1. The molecule has 0 aliphatic carbocycles. The summed E-state index contributed by atoms with van der Waals surface area (Å²) in [6.45, 7) is 2.30. The minimum absolute atomic E-state index is 0.0895. The van der Waals surface area contributed by atoms with Crippen LogP contribution in [0.5, 0.6) is 11.5 Å². The van der Waals surface area contributed by atoms with Crippen molar-refractivity contribution in [2.75, 3.05) is 33.6 Å². The molecule has 0 atom stereocenters. The standard InChI is InChI=1S/C23H26N4O5/c1-6-11-27-23(30)15-10-8-7-9-14(15)20(25-27)21(28)24-17-13-19(32-5)18(31-4)12-16(17)22(29)26(2)3/h7-10,12-13H,6,11H2,1-5H3,(H,24,28). The third kappa shape index (κ3) is 4.27. The van der Waals surface area contributed by atoms with E-state index in [1.54, 1.807) is 38.4 Å². The van der Waals surface area contributed by atoms with E-state index in [1.807, 2.05) is 6.92 Å². The van der Waals surface area contributed by atoms with Crippen LogP contribution in [-0.4, -0.2) is 54.8 Å². The Hall–Kier alpha value is -3.88. The summed E-state index contributed by atoms with van der Waals surface area (Å²) in [6.07, 6.45) is 0.684. The predicted molar refractivity (Wildman–Crippen MR) is 122 cm³/mol. The van der Waals surface area contributed by atoms with Gasteiger partial charge in [0.15, 0.2) is 17.2 Å². The molecular formula is C23H26N4O5. The van der Waals surface area contributed by atoms with Crippen molar-refractivity contribution in [3.05, 3.63) is 58.0 Å². The summed E-state index contributed by atoms with van der Waals surface area (Å²) >= 11 is 0.